The summed E-state index contributed by atoms with van der Waals surface area (Å²) in [6.45, 7) is 2.18. The van der Waals surface area contributed by atoms with Gasteiger partial charge in [-0.25, -0.2) is 0 Å². The summed E-state index contributed by atoms with van der Waals surface area (Å²) in [4.78, 5) is 26.3. The topological polar surface area (TPSA) is 49.4 Å². The number of piperazine rings is 1. The molecule has 2 unspecified atom stereocenters. The fourth-order valence-corrected chi connectivity index (χ4v) is 3.02. The van der Waals surface area contributed by atoms with Crippen molar-refractivity contribution < 1.29 is 9.59 Å². The minimum absolute atomic E-state index is 0.0200. The summed E-state index contributed by atoms with van der Waals surface area (Å²) in [6.07, 6.45) is 3.52. The van der Waals surface area contributed by atoms with Gasteiger partial charge in [0.05, 0.1) is 6.54 Å². The van der Waals surface area contributed by atoms with Gasteiger partial charge < -0.3 is 10.2 Å². The van der Waals surface area contributed by atoms with E-state index in [1.54, 1.807) is 4.90 Å². The van der Waals surface area contributed by atoms with Crippen molar-refractivity contribution in [2.75, 3.05) is 6.54 Å². The van der Waals surface area contributed by atoms with Gasteiger partial charge >= 0.3 is 0 Å². The Labute approximate surface area is 119 Å². The molecule has 1 aliphatic heterocycles. The summed E-state index contributed by atoms with van der Waals surface area (Å²) in [5.74, 6) is 0.685. The van der Waals surface area contributed by atoms with Crippen LogP contribution in [-0.4, -0.2) is 29.3 Å². The van der Waals surface area contributed by atoms with E-state index in [-0.39, 0.29) is 24.4 Å². The van der Waals surface area contributed by atoms with Crippen molar-refractivity contribution in [1.82, 2.24) is 10.2 Å². The van der Waals surface area contributed by atoms with Crippen molar-refractivity contribution in [1.29, 1.82) is 0 Å². The van der Waals surface area contributed by atoms with Gasteiger partial charge in [0.1, 0.15) is 6.04 Å². The molecule has 0 bridgehead atoms. The Morgan fingerprint density at radius 2 is 1.95 bits per heavy atom. The Morgan fingerprint density at radius 1 is 1.25 bits per heavy atom. The van der Waals surface area contributed by atoms with Crippen molar-refractivity contribution in [3.05, 3.63) is 35.9 Å². The number of amides is 2. The standard InChI is InChI=1S/C16H20N2O2/c1-11(9-12-7-8-12)18-14(19)10-17-16(20)15(18)13-5-3-2-4-6-13/h2-6,11-12,15H,7-10H2,1H3,(H,17,20). The van der Waals surface area contributed by atoms with Crippen LogP contribution in [0, 0.1) is 5.92 Å². The Bertz CT molecular complexity index is 510. The van der Waals surface area contributed by atoms with E-state index in [1.807, 2.05) is 30.3 Å². The number of rotatable bonds is 4. The van der Waals surface area contributed by atoms with Crippen molar-refractivity contribution in [2.45, 2.75) is 38.3 Å². The molecule has 20 heavy (non-hydrogen) atoms. The van der Waals surface area contributed by atoms with Crippen LogP contribution in [-0.2, 0) is 9.59 Å². The minimum atomic E-state index is -0.480. The second kappa shape index (κ2) is 5.27. The average molecular weight is 272 g/mol. The number of benzene rings is 1. The summed E-state index contributed by atoms with van der Waals surface area (Å²) in [7, 11) is 0. The van der Waals surface area contributed by atoms with Gasteiger partial charge in [-0.15, -0.1) is 0 Å². The number of nitrogens with one attached hydrogen (secondary N) is 1. The predicted molar refractivity (Wildman–Crippen MR) is 75.8 cm³/mol. The van der Waals surface area contributed by atoms with Gasteiger partial charge in [-0.05, 0) is 24.8 Å². The zero-order valence-electron chi connectivity index (χ0n) is 11.7. The first-order valence-corrected chi connectivity index (χ1v) is 7.30. The molecule has 1 N–H and O–H groups in total. The highest BCUT2D eigenvalue weighted by Gasteiger charge is 2.39. The monoisotopic (exact) mass is 272 g/mol. The Morgan fingerprint density at radius 3 is 2.60 bits per heavy atom. The number of hydrogen-bond acceptors (Lipinski definition) is 2. The highest BCUT2D eigenvalue weighted by atomic mass is 16.2. The van der Waals surface area contributed by atoms with Crippen LogP contribution in [0.15, 0.2) is 30.3 Å². The average Bonchev–Trinajstić information content (AvgIpc) is 3.25. The van der Waals surface area contributed by atoms with Crippen LogP contribution in [0.5, 0.6) is 0 Å². The molecule has 1 aliphatic carbocycles. The third-order valence-corrected chi connectivity index (χ3v) is 4.19. The molecule has 4 nitrogen and oxygen atoms in total. The largest absolute Gasteiger partial charge is 0.345 e. The molecule has 0 radical (unpaired) electrons. The van der Waals surface area contributed by atoms with Crippen LogP contribution in [0.4, 0.5) is 0 Å². The lowest BCUT2D eigenvalue weighted by Crippen LogP contribution is -2.56. The van der Waals surface area contributed by atoms with Crippen LogP contribution in [0.3, 0.4) is 0 Å². The second-order valence-corrected chi connectivity index (χ2v) is 5.86. The molecule has 1 saturated carbocycles. The lowest BCUT2D eigenvalue weighted by Gasteiger charge is -2.39. The van der Waals surface area contributed by atoms with Crippen LogP contribution in [0.1, 0.15) is 37.8 Å². The SMILES string of the molecule is CC(CC1CC1)N1C(=O)CNC(=O)C1c1ccccc1. The normalized spacial score (nSPS) is 24.4. The Hall–Kier alpha value is -1.84. The molecule has 4 heteroatoms. The summed E-state index contributed by atoms with van der Waals surface area (Å²) in [6, 6.07) is 9.21. The van der Waals surface area contributed by atoms with Crippen molar-refractivity contribution in [2.24, 2.45) is 5.92 Å². The van der Waals surface area contributed by atoms with E-state index >= 15 is 0 Å². The molecule has 2 amide bonds. The van der Waals surface area contributed by atoms with E-state index < -0.39 is 6.04 Å². The zero-order chi connectivity index (χ0) is 14.1. The van der Waals surface area contributed by atoms with E-state index in [9.17, 15) is 9.59 Å². The summed E-state index contributed by atoms with van der Waals surface area (Å²) in [5, 5.41) is 2.70. The number of carbonyl (C=O) groups is 2. The number of nitrogens with zero attached hydrogens (tertiary/aromatic N) is 1. The highest BCUT2D eigenvalue weighted by molar-refractivity contribution is 5.95. The van der Waals surface area contributed by atoms with Gasteiger partial charge in [0.15, 0.2) is 0 Å². The fourth-order valence-electron chi connectivity index (χ4n) is 3.02. The van der Waals surface area contributed by atoms with Gasteiger partial charge in [-0.2, -0.15) is 0 Å². The molecule has 2 atom stereocenters. The van der Waals surface area contributed by atoms with E-state index in [2.05, 4.69) is 12.2 Å². The number of carbonyl (C=O) groups excluding carboxylic acids is 2. The minimum Gasteiger partial charge on any atom is -0.345 e. The molecule has 2 fully saturated rings. The third-order valence-electron chi connectivity index (χ3n) is 4.19. The molecule has 1 heterocycles. The van der Waals surface area contributed by atoms with Crippen LogP contribution in [0.2, 0.25) is 0 Å². The highest BCUT2D eigenvalue weighted by Crippen LogP contribution is 2.37. The van der Waals surface area contributed by atoms with Crippen molar-refractivity contribution in [3.63, 3.8) is 0 Å². The predicted octanol–water partition coefficient (Wildman–Crippen LogP) is 1.87. The molecule has 0 aromatic heterocycles. The van der Waals surface area contributed by atoms with Gasteiger partial charge in [-0.1, -0.05) is 43.2 Å². The lowest BCUT2D eigenvalue weighted by atomic mass is 9.98. The van der Waals surface area contributed by atoms with E-state index in [0.29, 0.717) is 0 Å². The van der Waals surface area contributed by atoms with Crippen molar-refractivity contribution >= 4 is 11.8 Å². The van der Waals surface area contributed by atoms with Gasteiger partial charge in [-0.3, -0.25) is 9.59 Å². The molecule has 1 aromatic rings. The first-order chi connectivity index (χ1) is 9.66. The maximum Gasteiger partial charge on any atom is 0.247 e. The van der Waals surface area contributed by atoms with E-state index in [0.717, 1.165) is 17.9 Å². The maximum absolute atomic E-state index is 12.3. The van der Waals surface area contributed by atoms with Crippen LogP contribution in [0.25, 0.3) is 0 Å². The van der Waals surface area contributed by atoms with Crippen LogP contribution >= 0.6 is 0 Å². The molecular weight excluding hydrogens is 252 g/mol. The van der Waals surface area contributed by atoms with E-state index in [1.165, 1.54) is 12.8 Å². The Kier molecular flexibility index (Phi) is 3.47. The van der Waals surface area contributed by atoms with Gasteiger partial charge in [0.2, 0.25) is 11.8 Å². The fraction of sp³-hybridized carbons (Fsp3) is 0.500. The maximum atomic E-state index is 12.3. The summed E-state index contributed by atoms with van der Waals surface area (Å²) in [5.41, 5.74) is 0.890. The first kappa shape index (κ1) is 13.2. The van der Waals surface area contributed by atoms with Crippen molar-refractivity contribution in [3.8, 4) is 0 Å². The number of hydrogen-bond donors (Lipinski definition) is 1. The Balaban J connectivity index is 1.88. The molecule has 1 aromatic carbocycles. The smallest absolute Gasteiger partial charge is 0.247 e. The molecule has 2 aliphatic rings. The van der Waals surface area contributed by atoms with E-state index in [4.69, 9.17) is 0 Å². The lowest BCUT2D eigenvalue weighted by molar-refractivity contribution is -0.148. The molecule has 3 rings (SSSR count). The molecule has 106 valence electrons. The summed E-state index contributed by atoms with van der Waals surface area (Å²) >= 11 is 0. The molecule has 1 saturated heterocycles. The quantitative estimate of drug-likeness (QED) is 0.909. The molecule has 0 spiro atoms. The summed E-state index contributed by atoms with van der Waals surface area (Å²) < 4.78 is 0. The van der Waals surface area contributed by atoms with Crippen LogP contribution < -0.4 is 5.32 Å². The molecular formula is C16H20N2O2. The third kappa shape index (κ3) is 2.55. The van der Waals surface area contributed by atoms with Gasteiger partial charge in [0.25, 0.3) is 0 Å². The second-order valence-electron chi connectivity index (χ2n) is 5.86. The zero-order valence-corrected chi connectivity index (χ0v) is 11.7. The van der Waals surface area contributed by atoms with Gasteiger partial charge in [0, 0.05) is 6.04 Å². The first-order valence-electron chi connectivity index (χ1n) is 7.30.